The van der Waals surface area contributed by atoms with Crippen molar-refractivity contribution in [2.75, 3.05) is 44.0 Å². The largest absolute Gasteiger partial charge is 0.493 e. The third-order valence-electron chi connectivity index (χ3n) is 4.94. The Balaban J connectivity index is 1.50. The predicted molar refractivity (Wildman–Crippen MR) is 125 cm³/mol. The standard InChI is InChI=1S/C23H30N2O7S/c1-17(16-32-20-8-5-4-7-19(20)29-2)24-23(26)9-6-12-25(33(3,27)28)18-10-11-21-22(15-18)31-14-13-30-21/h4-5,7-8,10-11,15,17H,6,9,12-14,16H2,1-3H3,(H,24,26). The molecule has 0 radical (unpaired) electrons. The molecule has 0 aliphatic carbocycles. The average Bonchev–Trinajstić information content (AvgIpc) is 2.79. The van der Waals surface area contributed by atoms with E-state index in [0.717, 1.165) is 6.26 Å². The maximum Gasteiger partial charge on any atom is 0.232 e. The van der Waals surface area contributed by atoms with E-state index in [0.29, 0.717) is 48.3 Å². The van der Waals surface area contributed by atoms with Crippen molar-refractivity contribution in [3.05, 3.63) is 42.5 Å². The minimum atomic E-state index is -3.54. The molecule has 1 N–H and O–H groups in total. The van der Waals surface area contributed by atoms with Crippen molar-refractivity contribution >= 4 is 21.6 Å². The summed E-state index contributed by atoms with van der Waals surface area (Å²) in [5.41, 5.74) is 0.473. The Kier molecular flexibility index (Phi) is 8.26. The van der Waals surface area contributed by atoms with Crippen LogP contribution in [0.5, 0.6) is 23.0 Å². The maximum atomic E-state index is 12.4. The summed E-state index contributed by atoms with van der Waals surface area (Å²) >= 11 is 0. The summed E-state index contributed by atoms with van der Waals surface area (Å²) in [7, 11) is -1.97. The lowest BCUT2D eigenvalue weighted by atomic mass is 10.2. The van der Waals surface area contributed by atoms with Crippen LogP contribution in [0.3, 0.4) is 0 Å². The second kappa shape index (κ2) is 11.1. The van der Waals surface area contributed by atoms with Crippen molar-refractivity contribution in [3.63, 3.8) is 0 Å². The number of hydrogen-bond donors (Lipinski definition) is 1. The van der Waals surface area contributed by atoms with E-state index in [2.05, 4.69) is 5.32 Å². The van der Waals surface area contributed by atoms with Crippen molar-refractivity contribution in [2.24, 2.45) is 0 Å². The summed E-state index contributed by atoms with van der Waals surface area (Å²) in [6, 6.07) is 12.1. The minimum absolute atomic E-state index is 0.165. The molecule has 0 aromatic heterocycles. The van der Waals surface area contributed by atoms with Gasteiger partial charge in [-0.2, -0.15) is 0 Å². The van der Waals surface area contributed by atoms with Gasteiger partial charge in [-0.1, -0.05) is 12.1 Å². The highest BCUT2D eigenvalue weighted by atomic mass is 32.2. The summed E-state index contributed by atoms with van der Waals surface area (Å²) in [5.74, 6) is 2.14. The van der Waals surface area contributed by atoms with E-state index in [9.17, 15) is 13.2 Å². The Morgan fingerprint density at radius 2 is 1.82 bits per heavy atom. The molecule has 1 unspecified atom stereocenters. The van der Waals surface area contributed by atoms with Crippen LogP contribution < -0.4 is 28.6 Å². The summed E-state index contributed by atoms with van der Waals surface area (Å²) in [6.45, 7) is 3.15. The number of ether oxygens (including phenoxy) is 4. The molecule has 0 bridgehead atoms. The number of benzene rings is 2. The number of nitrogens with one attached hydrogen (secondary N) is 1. The van der Waals surface area contributed by atoms with Gasteiger partial charge in [0.05, 0.1) is 25.1 Å². The lowest BCUT2D eigenvalue weighted by Gasteiger charge is -2.25. The Morgan fingerprint density at radius 1 is 1.12 bits per heavy atom. The fourth-order valence-corrected chi connectivity index (χ4v) is 4.36. The number of fused-ring (bicyclic) bond motifs is 1. The molecule has 2 aromatic carbocycles. The number of hydrogen-bond acceptors (Lipinski definition) is 7. The Labute approximate surface area is 194 Å². The molecule has 0 saturated carbocycles. The summed E-state index contributed by atoms with van der Waals surface area (Å²) < 4.78 is 48.0. The number of para-hydroxylation sites is 2. The highest BCUT2D eigenvalue weighted by Crippen LogP contribution is 2.34. The number of methoxy groups -OCH3 is 1. The molecule has 0 spiro atoms. The van der Waals surface area contributed by atoms with Gasteiger partial charge in [0.15, 0.2) is 23.0 Å². The van der Waals surface area contributed by atoms with E-state index in [1.807, 2.05) is 19.1 Å². The molecule has 3 rings (SSSR count). The van der Waals surface area contributed by atoms with E-state index >= 15 is 0 Å². The van der Waals surface area contributed by atoms with E-state index in [1.165, 1.54) is 4.31 Å². The summed E-state index contributed by atoms with van der Waals surface area (Å²) in [4.78, 5) is 12.4. The number of carbonyl (C=O) groups excluding carboxylic acids is 1. The van der Waals surface area contributed by atoms with Gasteiger partial charge in [0, 0.05) is 19.0 Å². The van der Waals surface area contributed by atoms with Crippen molar-refractivity contribution in [2.45, 2.75) is 25.8 Å². The Bertz CT molecular complexity index is 1060. The number of amides is 1. The van der Waals surface area contributed by atoms with Crippen LogP contribution in [-0.4, -0.2) is 60.1 Å². The third-order valence-corrected chi connectivity index (χ3v) is 6.14. The first-order valence-corrected chi connectivity index (χ1v) is 12.6. The minimum Gasteiger partial charge on any atom is -0.493 e. The quantitative estimate of drug-likeness (QED) is 0.529. The van der Waals surface area contributed by atoms with Gasteiger partial charge in [0.2, 0.25) is 15.9 Å². The summed E-state index contributed by atoms with van der Waals surface area (Å²) in [5, 5.41) is 2.87. The molecule has 1 amide bonds. The first-order chi connectivity index (χ1) is 15.8. The molecule has 33 heavy (non-hydrogen) atoms. The van der Waals surface area contributed by atoms with Gasteiger partial charge in [-0.3, -0.25) is 9.10 Å². The zero-order valence-corrected chi connectivity index (χ0v) is 19.9. The maximum absolute atomic E-state index is 12.4. The Hall–Kier alpha value is -3.14. The van der Waals surface area contributed by atoms with Crippen LogP contribution in [0.25, 0.3) is 0 Å². The molecule has 10 heteroatoms. The predicted octanol–water partition coefficient (Wildman–Crippen LogP) is 2.60. The molecule has 1 aliphatic heterocycles. The third kappa shape index (κ3) is 6.92. The smallest absolute Gasteiger partial charge is 0.232 e. The van der Waals surface area contributed by atoms with Crippen molar-refractivity contribution in [3.8, 4) is 23.0 Å². The lowest BCUT2D eigenvalue weighted by molar-refractivity contribution is -0.121. The number of rotatable bonds is 11. The second-order valence-electron chi connectivity index (χ2n) is 7.70. The number of sulfonamides is 1. The highest BCUT2D eigenvalue weighted by Gasteiger charge is 2.21. The second-order valence-corrected chi connectivity index (χ2v) is 9.60. The molecule has 180 valence electrons. The first kappa shape index (κ1) is 24.5. The fraction of sp³-hybridized carbons (Fsp3) is 0.435. The van der Waals surface area contributed by atoms with E-state index in [4.69, 9.17) is 18.9 Å². The lowest BCUT2D eigenvalue weighted by Crippen LogP contribution is -2.37. The van der Waals surface area contributed by atoms with Gasteiger partial charge < -0.3 is 24.3 Å². The van der Waals surface area contributed by atoms with Crippen LogP contribution in [-0.2, 0) is 14.8 Å². The molecule has 1 atom stereocenters. The molecule has 0 saturated heterocycles. The molecular formula is C23H30N2O7S. The monoisotopic (exact) mass is 478 g/mol. The van der Waals surface area contributed by atoms with Crippen LogP contribution >= 0.6 is 0 Å². The van der Waals surface area contributed by atoms with Crippen molar-refractivity contribution < 1.29 is 32.2 Å². The zero-order valence-electron chi connectivity index (χ0n) is 19.1. The first-order valence-electron chi connectivity index (χ1n) is 10.7. The SMILES string of the molecule is COc1ccccc1OCC(C)NC(=O)CCCN(c1ccc2c(c1)OCCO2)S(C)(=O)=O. The van der Waals surface area contributed by atoms with Crippen LogP contribution in [0, 0.1) is 0 Å². The van der Waals surface area contributed by atoms with E-state index < -0.39 is 10.0 Å². The van der Waals surface area contributed by atoms with Gasteiger partial charge in [-0.25, -0.2) is 8.42 Å². The molecule has 1 heterocycles. The molecule has 2 aromatic rings. The van der Waals surface area contributed by atoms with Crippen molar-refractivity contribution in [1.82, 2.24) is 5.32 Å². The number of nitrogens with zero attached hydrogens (tertiary/aromatic N) is 1. The average molecular weight is 479 g/mol. The summed E-state index contributed by atoms with van der Waals surface area (Å²) in [6.07, 6.45) is 1.67. The molecular weight excluding hydrogens is 448 g/mol. The van der Waals surface area contributed by atoms with Gasteiger partial charge >= 0.3 is 0 Å². The van der Waals surface area contributed by atoms with E-state index in [1.54, 1.807) is 37.4 Å². The van der Waals surface area contributed by atoms with E-state index in [-0.39, 0.29) is 31.5 Å². The zero-order chi connectivity index (χ0) is 23.8. The number of anilines is 1. The molecule has 9 nitrogen and oxygen atoms in total. The highest BCUT2D eigenvalue weighted by molar-refractivity contribution is 7.92. The normalized spacial score (nSPS) is 13.7. The van der Waals surface area contributed by atoms with Gasteiger partial charge in [0.25, 0.3) is 0 Å². The van der Waals surface area contributed by atoms with Crippen LogP contribution in [0.2, 0.25) is 0 Å². The number of carbonyl (C=O) groups is 1. The van der Waals surface area contributed by atoms with Crippen LogP contribution in [0.1, 0.15) is 19.8 Å². The molecule has 0 fully saturated rings. The molecule has 1 aliphatic rings. The van der Waals surface area contributed by atoms with Crippen molar-refractivity contribution in [1.29, 1.82) is 0 Å². The van der Waals surface area contributed by atoms with Crippen LogP contribution in [0.4, 0.5) is 5.69 Å². The van der Waals surface area contributed by atoms with Crippen LogP contribution in [0.15, 0.2) is 42.5 Å². The topological polar surface area (TPSA) is 103 Å². The van der Waals surface area contributed by atoms with Gasteiger partial charge in [0.1, 0.15) is 19.8 Å². The fourth-order valence-electron chi connectivity index (χ4n) is 3.40. The van der Waals surface area contributed by atoms with Gasteiger partial charge in [-0.15, -0.1) is 0 Å². The van der Waals surface area contributed by atoms with Gasteiger partial charge in [-0.05, 0) is 37.6 Å². The Morgan fingerprint density at radius 3 is 2.52 bits per heavy atom.